The van der Waals surface area contributed by atoms with Crippen molar-refractivity contribution in [2.45, 2.75) is 19.0 Å². The molecular formula is C17H17BrClN3S. The maximum Gasteiger partial charge on any atom is 0.101 e. The number of nitrogens with zero attached hydrogens (tertiary/aromatic N) is 3. The van der Waals surface area contributed by atoms with Crippen LogP contribution in [0.5, 0.6) is 0 Å². The number of anilines is 1. The zero-order valence-electron chi connectivity index (χ0n) is 12.8. The van der Waals surface area contributed by atoms with Gasteiger partial charge >= 0.3 is 0 Å². The summed E-state index contributed by atoms with van der Waals surface area (Å²) in [6.07, 6.45) is 1.14. The number of likely N-dealkylation sites (tertiary alicyclic amines) is 1. The molecule has 1 aliphatic heterocycles. The van der Waals surface area contributed by atoms with Gasteiger partial charge in [-0.15, -0.1) is 11.3 Å². The zero-order valence-corrected chi connectivity index (χ0v) is 16.0. The zero-order chi connectivity index (χ0) is 16.4. The molecule has 23 heavy (non-hydrogen) atoms. The molecule has 0 aliphatic carbocycles. The van der Waals surface area contributed by atoms with E-state index < -0.39 is 0 Å². The third-order valence-electron chi connectivity index (χ3n) is 4.17. The van der Waals surface area contributed by atoms with Crippen molar-refractivity contribution >= 4 is 44.6 Å². The highest BCUT2D eigenvalue weighted by molar-refractivity contribution is 9.11. The highest BCUT2D eigenvalue weighted by Gasteiger charge is 2.26. The van der Waals surface area contributed by atoms with Gasteiger partial charge in [-0.05, 0) is 66.3 Å². The van der Waals surface area contributed by atoms with Crippen LogP contribution < -0.4 is 4.90 Å². The highest BCUT2D eigenvalue weighted by atomic mass is 79.9. The minimum absolute atomic E-state index is 0.463. The van der Waals surface area contributed by atoms with E-state index in [0.29, 0.717) is 16.6 Å². The summed E-state index contributed by atoms with van der Waals surface area (Å²) >= 11 is 11.5. The first-order valence-electron chi connectivity index (χ1n) is 7.46. The van der Waals surface area contributed by atoms with E-state index in [-0.39, 0.29) is 0 Å². The number of nitriles is 1. The quantitative estimate of drug-likeness (QED) is 0.729. The van der Waals surface area contributed by atoms with Crippen molar-refractivity contribution in [2.24, 2.45) is 0 Å². The molecule has 1 aromatic heterocycles. The van der Waals surface area contributed by atoms with Gasteiger partial charge in [0.2, 0.25) is 0 Å². The van der Waals surface area contributed by atoms with Gasteiger partial charge in [0.25, 0.3) is 0 Å². The fourth-order valence-corrected chi connectivity index (χ4v) is 4.67. The third kappa shape index (κ3) is 3.89. The van der Waals surface area contributed by atoms with Crippen LogP contribution in [0, 0.1) is 11.3 Å². The van der Waals surface area contributed by atoms with Crippen LogP contribution in [0.15, 0.2) is 34.1 Å². The number of thiophene rings is 1. The molecule has 0 amide bonds. The Labute approximate surface area is 154 Å². The largest absolute Gasteiger partial charge is 0.362 e. The Kier molecular flexibility index (Phi) is 5.27. The van der Waals surface area contributed by atoms with Crippen molar-refractivity contribution in [2.75, 3.05) is 25.0 Å². The summed E-state index contributed by atoms with van der Waals surface area (Å²) in [5, 5.41) is 9.60. The molecule has 1 fully saturated rings. The molecule has 2 heterocycles. The first kappa shape index (κ1) is 16.8. The van der Waals surface area contributed by atoms with Gasteiger partial charge in [-0.1, -0.05) is 11.6 Å². The molecule has 3 rings (SSSR count). The van der Waals surface area contributed by atoms with Crippen molar-refractivity contribution in [3.05, 3.63) is 49.6 Å². The predicted molar refractivity (Wildman–Crippen MR) is 100 cm³/mol. The molecule has 6 heteroatoms. The maximum absolute atomic E-state index is 9.07. The summed E-state index contributed by atoms with van der Waals surface area (Å²) in [4.78, 5) is 6.08. The summed E-state index contributed by atoms with van der Waals surface area (Å²) in [5.41, 5.74) is 1.61. The number of benzene rings is 1. The summed E-state index contributed by atoms with van der Waals surface area (Å²) in [7, 11) is 2.16. The second kappa shape index (κ2) is 7.23. The molecular weight excluding hydrogens is 394 g/mol. The Hall–Kier alpha value is -1.06. The lowest BCUT2D eigenvalue weighted by Gasteiger charge is -2.31. The molecule has 2 aromatic rings. The summed E-state index contributed by atoms with van der Waals surface area (Å²) in [6, 6.07) is 12.6. The fraction of sp³-hybridized carbons (Fsp3) is 0.353. The Morgan fingerprint density at radius 3 is 2.83 bits per heavy atom. The Morgan fingerprint density at radius 2 is 2.26 bits per heavy atom. The lowest BCUT2D eigenvalue weighted by molar-refractivity contribution is 0.407. The number of rotatable bonds is 4. The lowest BCUT2D eigenvalue weighted by atomic mass is 10.1. The number of halogens is 2. The minimum atomic E-state index is 0.463. The number of hydrogen-bond donors (Lipinski definition) is 0. The monoisotopic (exact) mass is 409 g/mol. The van der Waals surface area contributed by atoms with E-state index in [1.165, 1.54) is 4.88 Å². The molecule has 0 bridgehead atoms. The van der Waals surface area contributed by atoms with Crippen LogP contribution in [-0.4, -0.2) is 31.1 Å². The van der Waals surface area contributed by atoms with Gasteiger partial charge in [0.05, 0.1) is 20.9 Å². The van der Waals surface area contributed by atoms with E-state index in [0.717, 1.165) is 35.5 Å². The summed E-state index contributed by atoms with van der Waals surface area (Å²) < 4.78 is 1.15. The van der Waals surface area contributed by atoms with Gasteiger partial charge < -0.3 is 9.80 Å². The molecule has 0 N–H and O–H groups in total. The van der Waals surface area contributed by atoms with Crippen LogP contribution in [0.25, 0.3) is 0 Å². The standard InChI is InChI=1S/C17H17BrClN3S/c1-21-7-6-14(10-21)22(11-15-4-5-17(18)23-15)13-3-2-12(9-20)16(19)8-13/h2-5,8,14H,6-7,10-11H2,1H3. The number of hydrogen-bond acceptors (Lipinski definition) is 4. The average Bonchev–Trinajstić information content (AvgIpc) is 3.13. The van der Waals surface area contributed by atoms with Crippen molar-refractivity contribution in [1.29, 1.82) is 5.26 Å². The Balaban J connectivity index is 1.91. The average molecular weight is 411 g/mol. The van der Waals surface area contributed by atoms with Crippen LogP contribution in [0.2, 0.25) is 5.02 Å². The molecule has 1 saturated heterocycles. The van der Waals surface area contributed by atoms with Gasteiger partial charge in [-0.3, -0.25) is 0 Å². The highest BCUT2D eigenvalue weighted by Crippen LogP contribution is 2.31. The van der Waals surface area contributed by atoms with Crippen LogP contribution in [0.3, 0.4) is 0 Å². The molecule has 0 saturated carbocycles. The molecule has 3 nitrogen and oxygen atoms in total. The third-order valence-corrected chi connectivity index (χ3v) is 6.09. The maximum atomic E-state index is 9.07. The van der Waals surface area contributed by atoms with Crippen LogP contribution in [0.1, 0.15) is 16.9 Å². The molecule has 0 radical (unpaired) electrons. The van der Waals surface area contributed by atoms with E-state index in [1.54, 1.807) is 11.3 Å². The van der Waals surface area contributed by atoms with Crippen LogP contribution in [0.4, 0.5) is 5.69 Å². The van der Waals surface area contributed by atoms with Gasteiger partial charge in [0.1, 0.15) is 6.07 Å². The molecule has 1 aliphatic rings. The van der Waals surface area contributed by atoms with E-state index in [4.69, 9.17) is 16.9 Å². The second-order valence-electron chi connectivity index (χ2n) is 5.81. The summed E-state index contributed by atoms with van der Waals surface area (Å²) in [5.74, 6) is 0. The van der Waals surface area contributed by atoms with Crippen LogP contribution in [-0.2, 0) is 6.54 Å². The Morgan fingerprint density at radius 1 is 1.43 bits per heavy atom. The second-order valence-corrected chi connectivity index (χ2v) is 8.77. The van der Waals surface area contributed by atoms with E-state index in [9.17, 15) is 0 Å². The predicted octanol–water partition coefficient (Wildman–Crippen LogP) is 4.75. The molecule has 0 spiro atoms. The lowest BCUT2D eigenvalue weighted by Crippen LogP contribution is -2.36. The van der Waals surface area contributed by atoms with E-state index in [2.05, 4.69) is 51.0 Å². The Bertz CT molecular complexity index is 740. The fourth-order valence-electron chi connectivity index (χ4n) is 2.98. The molecule has 1 aromatic carbocycles. The van der Waals surface area contributed by atoms with Crippen molar-refractivity contribution in [3.8, 4) is 6.07 Å². The first-order valence-corrected chi connectivity index (χ1v) is 9.44. The van der Waals surface area contributed by atoms with Crippen molar-refractivity contribution < 1.29 is 0 Å². The van der Waals surface area contributed by atoms with E-state index >= 15 is 0 Å². The smallest absolute Gasteiger partial charge is 0.101 e. The molecule has 1 unspecified atom stereocenters. The topological polar surface area (TPSA) is 30.3 Å². The van der Waals surface area contributed by atoms with Crippen molar-refractivity contribution in [1.82, 2.24) is 4.90 Å². The van der Waals surface area contributed by atoms with Gasteiger partial charge in [0.15, 0.2) is 0 Å². The first-order chi connectivity index (χ1) is 11.1. The minimum Gasteiger partial charge on any atom is -0.362 e. The van der Waals surface area contributed by atoms with Gasteiger partial charge in [-0.25, -0.2) is 0 Å². The van der Waals surface area contributed by atoms with Crippen molar-refractivity contribution in [3.63, 3.8) is 0 Å². The molecule has 1 atom stereocenters. The SMILES string of the molecule is CN1CCC(N(Cc2ccc(Br)s2)c2ccc(C#N)c(Cl)c2)C1. The summed E-state index contributed by atoms with van der Waals surface area (Å²) in [6.45, 7) is 3.01. The van der Waals surface area contributed by atoms with E-state index in [1.807, 2.05) is 18.2 Å². The van der Waals surface area contributed by atoms with Gasteiger partial charge in [0, 0.05) is 23.2 Å². The van der Waals surface area contributed by atoms with Gasteiger partial charge in [-0.2, -0.15) is 5.26 Å². The van der Waals surface area contributed by atoms with Crippen LogP contribution >= 0.6 is 38.9 Å². The molecule has 120 valence electrons. The number of likely N-dealkylation sites (N-methyl/N-ethyl adjacent to an activating group) is 1. The normalized spacial score (nSPS) is 18.1.